The summed E-state index contributed by atoms with van der Waals surface area (Å²) in [4.78, 5) is 26.1. The molecule has 0 fully saturated rings. The molecule has 1 atom stereocenters. The molecule has 3 aromatic carbocycles. The summed E-state index contributed by atoms with van der Waals surface area (Å²) in [6, 6.07) is 27.4. The number of esters is 1. The van der Waals surface area contributed by atoms with Gasteiger partial charge in [0.2, 0.25) is 5.60 Å². The molecule has 5 heteroatoms. The second-order valence-electron chi connectivity index (χ2n) is 6.75. The molecule has 0 saturated heterocycles. The third kappa shape index (κ3) is 4.58. The molecule has 0 spiro atoms. The van der Waals surface area contributed by atoms with Crippen LogP contribution in [0.2, 0.25) is 0 Å². The summed E-state index contributed by atoms with van der Waals surface area (Å²) in [7, 11) is 0. The molecule has 1 amide bonds. The third-order valence-electron chi connectivity index (χ3n) is 4.70. The van der Waals surface area contributed by atoms with Gasteiger partial charge >= 0.3 is 5.97 Å². The Balaban J connectivity index is 1.91. The van der Waals surface area contributed by atoms with Gasteiger partial charge in [0.05, 0.1) is 0 Å². The molecule has 0 bridgehead atoms. The molecular weight excluding hydrogens is 378 g/mol. The second kappa shape index (κ2) is 9.85. The van der Waals surface area contributed by atoms with Crippen molar-refractivity contribution in [3.8, 4) is 0 Å². The minimum atomic E-state index is -1.47. The first-order valence-electron chi connectivity index (χ1n) is 9.90. The zero-order chi connectivity index (χ0) is 21.4. The number of anilines is 1. The smallest absolute Gasteiger partial charge is 0.348 e. The van der Waals surface area contributed by atoms with E-state index in [-0.39, 0.29) is 6.61 Å². The van der Waals surface area contributed by atoms with Gasteiger partial charge in [-0.05, 0) is 37.1 Å². The van der Waals surface area contributed by atoms with Gasteiger partial charge < -0.3 is 14.8 Å². The summed E-state index contributed by atoms with van der Waals surface area (Å²) in [6.45, 7) is 3.64. The van der Waals surface area contributed by atoms with Gasteiger partial charge in [-0.25, -0.2) is 4.79 Å². The fourth-order valence-electron chi connectivity index (χ4n) is 3.25. The van der Waals surface area contributed by atoms with Crippen molar-refractivity contribution in [2.75, 3.05) is 11.9 Å². The Morgan fingerprint density at radius 1 is 0.833 bits per heavy atom. The number of para-hydroxylation sites is 1. The van der Waals surface area contributed by atoms with Gasteiger partial charge in [0.15, 0.2) is 6.10 Å². The van der Waals surface area contributed by atoms with E-state index in [1.54, 1.807) is 19.1 Å². The maximum Gasteiger partial charge on any atom is 0.348 e. The number of benzene rings is 3. The van der Waals surface area contributed by atoms with Gasteiger partial charge in [0, 0.05) is 12.3 Å². The standard InChI is InChI=1S/C25H25NO4/c1-3-29-25(20-13-7-4-8-14-20,21-15-9-5-10-16-21)24(28)30-19(2)23(27)26-22-17-11-6-12-18-22/h4-19H,3H2,1-2H3,(H,26,27)/t19-/m1/s1. The molecule has 154 valence electrons. The van der Waals surface area contributed by atoms with E-state index in [9.17, 15) is 9.59 Å². The fraction of sp³-hybridized carbons (Fsp3) is 0.200. The van der Waals surface area contributed by atoms with Gasteiger partial charge in [-0.2, -0.15) is 0 Å². The highest BCUT2D eigenvalue weighted by Crippen LogP contribution is 2.35. The topological polar surface area (TPSA) is 64.6 Å². The first-order chi connectivity index (χ1) is 14.6. The van der Waals surface area contributed by atoms with Crippen molar-refractivity contribution in [2.45, 2.75) is 25.6 Å². The molecule has 0 aromatic heterocycles. The SMILES string of the molecule is CCOC(C(=O)O[C@H](C)C(=O)Nc1ccccc1)(c1ccccc1)c1ccccc1. The zero-order valence-electron chi connectivity index (χ0n) is 17.1. The molecule has 0 heterocycles. The molecule has 0 saturated carbocycles. The van der Waals surface area contributed by atoms with E-state index in [2.05, 4.69) is 5.32 Å². The third-order valence-corrected chi connectivity index (χ3v) is 4.70. The second-order valence-corrected chi connectivity index (χ2v) is 6.75. The maximum atomic E-state index is 13.5. The number of rotatable bonds is 8. The van der Waals surface area contributed by atoms with Crippen LogP contribution in [0.25, 0.3) is 0 Å². The lowest BCUT2D eigenvalue weighted by Gasteiger charge is -2.33. The number of amides is 1. The molecule has 0 aliphatic carbocycles. The predicted octanol–water partition coefficient (Wildman–Crippen LogP) is 4.54. The van der Waals surface area contributed by atoms with Crippen molar-refractivity contribution in [1.82, 2.24) is 0 Å². The van der Waals surface area contributed by atoms with E-state index in [4.69, 9.17) is 9.47 Å². The normalized spacial score (nSPS) is 12.1. The van der Waals surface area contributed by atoms with Gasteiger partial charge in [-0.3, -0.25) is 4.79 Å². The molecule has 0 aliphatic heterocycles. The summed E-state index contributed by atoms with van der Waals surface area (Å²) in [5, 5.41) is 2.75. The van der Waals surface area contributed by atoms with Crippen molar-refractivity contribution in [1.29, 1.82) is 0 Å². The van der Waals surface area contributed by atoms with Gasteiger partial charge in [0.1, 0.15) is 0 Å². The number of carbonyl (C=O) groups is 2. The Morgan fingerprint density at radius 3 is 1.77 bits per heavy atom. The average molecular weight is 403 g/mol. The van der Waals surface area contributed by atoms with Crippen LogP contribution >= 0.6 is 0 Å². The number of nitrogens with one attached hydrogen (secondary N) is 1. The van der Waals surface area contributed by atoms with E-state index < -0.39 is 23.6 Å². The highest BCUT2D eigenvalue weighted by molar-refractivity contribution is 5.96. The van der Waals surface area contributed by atoms with Gasteiger partial charge in [-0.1, -0.05) is 78.9 Å². The molecular formula is C25H25NO4. The van der Waals surface area contributed by atoms with Crippen LogP contribution in [0.15, 0.2) is 91.0 Å². The molecule has 30 heavy (non-hydrogen) atoms. The van der Waals surface area contributed by atoms with Crippen LogP contribution in [0.4, 0.5) is 5.69 Å². The number of hydrogen-bond donors (Lipinski definition) is 1. The molecule has 3 aromatic rings. The Labute approximate surface area is 176 Å². The molecule has 0 unspecified atom stereocenters. The van der Waals surface area contributed by atoms with Crippen molar-refractivity contribution in [3.05, 3.63) is 102 Å². The van der Waals surface area contributed by atoms with Gasteiger partial charge in [-0.15, -0.1) is 0 Å². The molecule has 0 radical (unpaired) electrons. The van der Waals surface area contributed by atoms with Gasteiger partial charge in [0.25, 0.3) is 5.91 Å². The van der Waals surface area contributed by atoms with Crippen LogP contribution in [0.5, 0.6) is 0 Å². The van der Waals surface area contributed by atoms with Crippen LogP contribution < -0.4 is 5.32 Å². The van der Waals surface area contributed by atoms with Crippen LogP contribution in [0.1, 0.15) is 25.0 Å². The van der Waals surface area contributed by atoms with E-state index in [1.165, 1.54) is 0 Å². The largest absolute Gasteiger partial charge is 0.450 e. The molecule has 5 nitrogen and oxygen atoms in total. The van der Waals surface area contributed by atoms with Crippen LogP contribution in [0.3, 0.4) is 0 Å². The number of carbonyl (C=O) groups excluding carboxylic acids is 2. The molecule has 0 aliphatic rings. The Kier molecular flexibility index (Phi) is 6.99. The van der Waals surface area contributed by atoms with Crippen LogP contribution in [-0.4, -0.2) is 24.6 Å². The summed E-state index contributed by atoms with van der Waals surface area (Å²) in [6.07, 6.45) is -1.01. The number of ether oxygens (including phenoxy) is 2. The maximum absolute atomic E-state index is 13.5. The first-order valence-corrected chi connectivity index (χ1v) is 9.90. The Hall–Kier alpha value is -3.44. The molecule has 1 N–H and O–H groups in total. The van der Waals surface area contributed by atoms with Crippen molar-refractivity contribution in [2.24, 2.45) is 0 Å². The van der Waals surface area contributed by atoms with Crippen molar-refractivity contribution < 1.29 is 19.1 Å². The lowest BCUT2D eigenvalue weighted by Crippen LogP contribution is -2.44. The number of hydrogen-bond acceptors (Lipinski definition) is 4. The minimum Gasteiger partial charge on any atom is -0.450 e. The Bertz CT molecular complexity index is 919. The predicted molar refractivity (Wildman–Crippen MR) is 116 cm³/mol. The highest BCUT2D eigenvalue weighted by atomic mass is 16.6. The minimum absolute atomic E-state index is 0.281. The van der Waals surface area contributed by atoms with E-state index in [1.807, 2.05) is 85.8 Å². The van der Waals surface area contributed by atoms with E-state index >= 15 is 0 Å². The van der Waals surface area contributed by atoms with E-state index in [0.29, 0.717) is 16.8 Å². The van der Waals surface area contributed by atoms with Crippen molar-refractivity contribution in [3.63, 3.8) is 0 Å². The zero-order valence-corrected chi connectivity index (χ0v) is 17.1. The monoisotopic (exact) mass is 403 g/mol. The van der Waals surface area contributed by atoms with Crippen LogP contribution in [-0.2, 0) is 24.7 Å². The fourth-order valence-corrected chi connectivity index (χ4v) is 3.25. The van der Waals surface area contributed by atoms with Crippen LogP contribution in [0, 0.1) is 0 Å². The molecule has 3 rings (SSSR count). The first kappa shape index (κ1) is 21.3. The summed E-state index contributed by atoms with van der Waals surface area (Å²) in [5.41, 5.74) is 0.434. The average Bonchev–Trinajstić information content (AvgIpc) is 2.79. The van der Waals surface area contributed by atoms with E-state index in [0.717, 1.165) is 0 Å². The summed E-state index contributed by atoms with van der Waals surface area (Å²) in [5.74, 6) is -1.06. The summed E-state index contributed by atoms with van der Waals surface area (Å²) < 4.78 is 11.7. The lowest BCUT2D eigenvalue weighted by molar-refractivity contribution is -0.174. The van der Waals surface area contributed by atoms with Crippen molar-refractivity contribution >= 4 is 17.6 Å². The summed E-state index contributed by atoms with van der Waals surface area (Å²) >= 11 is 0. The lowest BCUT2D eigenvalue weighted by atomic mass is 9.86. The Morgan fingerprint density at radius 2 is 1.30 bits per heavy atom. The quantitative estimate of drug-likeness (QED) is 0.561. The highest BCUT2D eigenvalue weighted by Gasteiger charge is 2.45.